The molecule has 7 heteroatoms. The predicted octanol–water partition coefficient (Wildman–Crippen LogP) is 2.06. The number of nitrogen functional groups attached to an aromatic ring is 1. The first-order valence-corrected chi connectivity index (χ1v) is 8.04. The fourth-order valence-electron chi connectivity index (χ4n) is 1.92. The van der Waals surface area contributed by atoms with Gasteiger partial charge in [-0.05, 0) is 31.5 Å². The molecule has 112 valence electrons. The number of aryl methyl sites for hydroxylation is 1. The smallest absolute Gasteiger partial charge is 0.228 e. The van der Waals surface area contributed by atoms with Crippen LogP contribution in [0.5, 0.6) is 0 Å². The van der Waals surface area contributed by atoms with Gasteiger partial charge in [-0.3, -0.25) is 4.21 Å². The van der Waals surface area contributed by atoms with Gasteiger partial charge in [-0.2, -0.15) is 15.0 Å². The van der Waals surface area contributed by atoms with Gasteiger partial charge >= 0.3 is 0 Å². The maximum Gasteiger partial charge on any atom is 0.228 e. The third-order valence-electron chi connectivity index (χ3n) is 3.02. The van der Waals surface area contributed by atoms with Crippen molar-refractivity contribution in [3.8, 4) is 0 Å². The summed E-state index contributed by atoms with van der Waals surface area (Å²) in [6.45, 7) is 5.67. The van der Waals surface area contributed by atoms with Crippen molar-refractivity contribution >= 4 is 22.7 Å². The molecule has 2 rings (SSSR count). The van der Waals surface area contributed by atoms with E-state index in [-0.39, 0.29) is 12.0 Å². The van der Waals surface area contributed by atoms with Crippen LogP contribution in [-0.2, 0) is 10.8 Å². The molecule has 0 aliphatic heterocycles. The van der Waals surface area contributed by atoms with Gasteiger partial charge in [-0.15, -0.1) is 0 Å². The van der Waals surface area contributed by atoms with Crippen LogP contribution in [0.25, 0.3) is 0 Å². The number of nitrogens with zero attached hydrogens (tertiary/aromatic N) is 3. The monoisotopic (exact) mass is 305 g/mol. The maximum atomic E-state index is 11.7. The molecule has 0 spiro atoms. The summed E-state index contributed by atoms with van der Waals surface area (Å²) in [5.74, 6) is 1.85. The number of rotatable bonds is 5. The summed E-state index contributed by atoms with van der Waals surface area (Å²) in [4.78, 5) is 13.0. The zero-order valence-electron chi connectivity index (χ0n) is 12.3. The molecule has 0 saturated carbocycles. The predicted molar refractivity (Wildman–Crippen MR) is 84.4 cm³/mol. The Morgan fingerprint density at radius 3 is 2.48 bits per heavy atom. The summed E-state index contributed by atoms with van der Waals surface area (Å²) in [5, 5.41) is 3.18. The molecular formula is C14H19N5OS. The standard InChI is InChI=1S/C14H19N5OS/c1-4-21(20)12-7-5-11(6-8-12)9(2)16-14-18-10(3)17-13(15)19-14/h5-9H,4H2,1-3H3,(H3,15,16,17,18,19). The van der Waals surface area contributed by atoms with E-state index in [1.807, 2.05) is 38.1 Å². The Morgan fingerprint density at radius 1 is 1.24 bits per heavy atom. The highest BCUT2D eigenvalue weighted by molar-refractivity contribution is 7.85. The maximum absolute atomic E-state index is 11.7. The number of hydrogen-bond acceptors (Lipinski definition) is 6. The lowest BCUT2D eigenvalue weighted by Gasteiger charge is -2.15. The molecule has 2 atom stereocenters. The second-order valence-electron chi connectivity index (χ2n) is 4.63. The summed E-state index contributed by atoms with van der Waals surface area (Å²) in [7, 11) is -0.926. The van der Waals surface area contributed by atoms with E-state index >= 15 is 0 Å². The Labute approximate surface area is 126 Å². The normalized spacial score (nSPS) is 13.7. The quantitative estimate of drug-likeness (QED) is 0.878. The average Bonchev–Trinajstić information content (AvgIpc) is 2.45. The van der Waals surface area contributed by atoms with E-state index < -0.39 is 10.8 Å². The van der Waals surface area contributed by atoms with Crippen LogP contribution in [0.4, 0.5) is 11.9 Å². The second-order valence-corrected chi connectivity index (χ2v) is 6.37. The van der Waals surface area contributed by atoms with Crippen molar-refractivity contribution in [1.82, 2.24) is 15.0 Å². The van der Waals surface area contributed by atoms with Crippen LogP contribution in [0.2, 0.25) is 0 Å². The first kappa shape index (κ1) is 15.4. The van der Waals surface area contributed by atoms with Crippen LogP contribution in [0.3, 0.4) is 0 Å². The van der Waals surface area contributed by atoms with Gasteiger partial charge in [0, 0.05) is 10.6 Å². The van der Waals surface area contributed by atoms with Crippen LogP contribution in [0.15, 0.2) is 29.2 Å². The number of aromatic nitrogens is 3. The third-order valence-corrected chi connectivity index (χ3v) is 4.34. The van der Waals surface area contributed by atoms with Gasteiger partial charge in [-0.25, -0.2) is 0 Å². The highest BCUT2D eigenvalue weighted by Crippen LogP contribution is 2.19. The van der Waals surface area contributed by atoms with Gasteiger partial charge in [0.2, 0.25) is 11.9 Å². The van der Waals surface area contributed by atoms with E-state index in [4.69, 9.17) is 5.73 Å². The Balaban J connectivity index is 2.12. The number of anilines is 2. The molecule has 3 N–H and O–H groups in total. The largest absolute Gasteiger partial charge is 0.368 e. The third kappa shape index (κ3) is 3.98. The van der Waals surface area contributed by atoms with Crippen LogP contribution in [0.1, 0.15) is 31.3 Å². The van der Waals surface area contributed by atoms with Crippen molar-refractivity contribution in [3.05, 3.63) is 35.7 Å². The SMILES string of the molecule is CCS(=O)c1ccc(C(C)Nc2nc(C)nc(N)n2)cc1. The van der Waals surface area contributed by atoms with Crippen LogP contribution in [0, 0.1) is 6.92 Å². The van der Waals surface area contributed by atoms with Gasteiger partial charge in [-0.1, -0.05) is 19.1 Å². The van der Waals surface area contributed by atoms with Crippen molar-refractivity contribution in [3.63, 3.8) is 0 Å². The Morgan fingerprint density at radius 2 is 1.90 bits per heavy atom. The summed E-state index contributed by atoms with van der Waals surface area (Å²) in [5.41, 5.74) is 6.67. The van der Waals surface area contributed by atoms with E-state index in [1.165, 1.54) is 0 Å². The molecule has 2 aromatic rings. The number of nitrogens with two attached hydrogens (primary N) is 1. The first-order chi connectivity index (χ1) is 9.99. The van der Waals surface area contributed by atoms with Gasteiger partial charge < -0.3 is 11.1 Å². The molecule has 6 nitrogen and oxygen atoms in total. The van der Waals surface area contributed by atoms with Crippen molar-refractivity contribution in [2.24, 2.45) is 0 Å². The minimum atomic E-state index is -0.926. The highest BCUT2D eigenvalue weighted by atomic mass is 32.2. The lowest BCUT2D eigenvalue weighted by molar-refractivity contribution is 0.684. The Bertz CT molecular complexity index is 624. The van der Waals surface area contributed by atoms with Crippen molar-refractivity contribution in [2.45, 2.75) is 31.7 Å². The van der Waals surface area contributed by atoms with Crippen LogP contribution in [-0.4, -0.2) is 24.9 Å². The Kier molecular flexibility index (Phi) is 4.85. The lowest BCUT2D eigenvalue weighted by Crippen LogP contribution is -2.12. The molecule has 0 fully saturated rings. The zero-order chi connectivity index (χ0) is 15.4. The van der Waals surface area contributed by atoms with Gasteiger partial charge in [0.25, 0.3) is 0 Å². The fraction of sp³-hybridized carbons (Fsp3) is 0.357. The minimum absolute atomic E-state index is 0.00955. The molecule has 1 heterocycles. The van der Waals surface area contributed by atoms with Crippen molar-refractivity contribution in [2.75, 3.05) is 16.8 Å². The number of benzene rings is 1. The van der Waals surface area contributed by atoms with E-state index in [0.29, 0.717) is 17.5 Å². The van der Waals surface area contributed by atoms with E-state index in [0.717, 1.165) is 10.5 Å². The van der Waals surface area contributed by atoms with E-state index in [2.05, 4.69) is 20.3 Å². The number of hydrogen-bond donors (Lipinski definition) is 2. The van der Waals surface area contributed by atoms with Gasteiger partial charge in [0.15, 0.2) is 0 Å². The highest BCUT2D eigenvalue weighted by Gasteiger charge is 2.09. The van der Waals surface area contributed by atoms with E-state index in [9.17, 15) is 4.21 Å². The molecule has 0 aliphatic carbocycles. The minimum Gasteiger partial charge on any atom is -0.368 e. The summed E-state index contributed by atoms with van der Waals surface area (Å²) < 4.78 is 11.7. The molecule has 1 aromatic heterocycles. The fourth-order valence-corrected chi connectivity index (χ4v) is 2.69. The summed E-state index contributed by atoms with van der Waals surface area (Å²) >= 11 is 0. The van der Waals surface area contributed by atoms with Crippen molar-refractivity contribution in [1.29, 1.82) is 0 Å². The molecule has 0 amide bonds. The van der Waals surface area contributed by atoms with E-state index in [1.54, 1.807) is 6.92 Å². The molecule has 21 heavy (non-hydrogen) atoms. The molecule has 0 bridgehead atoms. The van der Waals surface area contributed by atoms with Gasteiger partial charge in [0.05, 0.1) is 16.8 Å². The van der Waals surface area contributed by atoms with Crippen LogP contribution < -0.4 is 11.1 Å². The molecule has 1 aromatic carbocycles. The molecule has 0 saturated heterocycles. The lowest BCUT2D eigenvalue weighted by atomic mass is 10.1. The van der Waals surface area contributed by atoms with Crippen molar-refractivity contribution < 1.29 is 4.21 Å². The molecule has 0 aliphatic rings. The van der Waals surface area contributed by atoms with Gasteiger partial charge in [0.1, 0.15) is 5.82 Å². The second kappa shape index (κ2) is 6.62. The molecule has 2 unspecified atom stereocenters. The average molecular weight is 305 g/mol. The summed E-state index contributed by atoms with van der Waals surface area (Å²) in [6.07, 6.45) is 0. The number of nitrogens with one attached hydrogen (secondary N) is 1. The summed E-state index contributed by atoms with van der Waals surface area (Å²) in [6, 6.07) is 7.70. The Hall–Kier alpha value is -2.02. The van der Waals surface area contributed by atoms with Crippen LogP contribution >= 0.6 is 0 Å². The molecule has 0 radical (unpaired) electrons. The topological polar surface area (TPSA) is 93.8 Å². The zero-order valence-corrected chi connectivity index (χ0v) is 13.1. The first-order valence-electron chi connectivity index (χ1n) is 6.72. The molecular weight excluding hydrogens is 286 g/mol.